The molecule has 3 aromatic heterocycles. The van der Waals surface area contributed by atoms with Gasteiger partial charge in [-0.25, -0.2) is 14.6 Å². The van der Waals surface area contributed by atoms with E-state index in [1.807, 2.05) is 53.1 Å². The number of rotatable bonds is 2. The first kappa shape index (κ1) is 14.4. The van der Waals surface area contributed by atoms with Gasteiger partial charge in [0.05, 0.1) is 29.9 Å². The zero-order chi connectivity index (χ0) is 17.0. The minimum Gasteiger partial charge on any atom is -0.300 e. The minimum absolute atomic E-state index is 0.529. The van der Waals surface area contributed by atoms with Gasteiger partial charge in [0.2, 0.25) is 0 Å². The first-order chi connectivity index (χ1) is 12.2. The third kappa shape index (κ3) is 2.27. The second-order valence-corrected chi connectivity index (χ2v) is 6.46. The summed E-state index contributed by atoms with van der Waals surface area (Å²) in [6.45, 7) is 3.15. The molecule has 4 aromatic rings. The Morgan fingerprint density at radius 3 is 3.04 bits per heavy atom. The first-order valence-corrected chi connectivity index (χ1v) is 8.31. The van der Waals surface area contributed by atoms with Crippen molar-refractivity contribution in [3.05, 3.63) is 65.2 Å². The number of halogens is 1. The molecule has 0 atom stereocenters. The molecule has 124 valence electrons. The predicted molar refractivity (Wildman–Crippen MR) is 92.8 cm³/mol. The number of hydrogen-bond donors (Lipinski definition) is 0. The van der Waals surface area contributed by atoms with Gasteiger partial charge >= 0.3 is 0 Å². The van der Waals surface area contributed by atoms with Gasteiger partial charge in [-0.2, -0.15) is 10.2 Å². The van der Waals surface area contributed by atoms with E-state index in [1.165, 1.54) is 0 Å². The third-order valence-corrected chi connectivity index (χ3v) is 4.65. The fourth-order valence-corrected chi connectivity index (χ4v) is 3.38. The minimum atomic E-state index is 0.529. The molecule has 0 saturated heterocycles. The lowest BCUT2D eigenvalue weighted by Gasteiger charge is -2.08. The molecule has 5 rings (SSSR count). The summed E-state index contributed by atoms with van der Waals surface area (Å²) in [6.07, 6.45) is 5.49. The average Bonchev–Trinajstić information content (AvgIpc) is 3.30. The van der Waals surface area contributed by atoms with E-state index in [0.29, 0.717) is 18.1 Å². The van der Waals surface area contributed by atoms with E-state index < -0.39 is 0 Å². The van der Waals surface area contributed by atoms with E-state index in [-0.39, 0.29) is 0 Å². The second-order valence-electron chi connectivity index (χ2n) is 6.02. The van der Waals surface area contributed by atoms with Crippen molar-refractivity contribution in [2.75, 3.05) is 0 Å². The number of aromatic nitrogens is 7. The molecule has 0 spiro atoms. The highest BCUT2D eigenvalue weighted by Gasteiger charge is 2.24. The summed E-state index contributed by atoms with van der Waals surface area (Å²) < 4.78 is 5.82. The van der Waals surface area contributed by atoms with Crippen LogP contribution in [0.1, 0.15) is 17.2 Å². The van der Waals surface area contributed by atoms with Crippen molar-refractivity contribution in [3.63, 3.8) is 0 Å². The first-order valence-electron chi connectivity index (χ1n) is 7.93. The molecule has 0 amide bonds. The number of hydrogen-bond acceptors (Lipinski definition) is 4. The molecule has 8 heteroatoms. The highest BCUT2D eigenvalue weighted by molar-refractivity contribution is 6.31. The van der Waals surface area contributed by atoms with E-state index in [1.54, 1.807) is 6.20 Å². The van der Waals surface area contributed by atoms with Gasteiger partial charge in [0.15, 0.2) is 11.6 Å². The fraction of sp³-hybridized carbons (Fsp3) is 0.176. The molecule has 0 saturated carbocycles. The van der Waals surface area contributed by atoms with Gasteiger partial charge in [0.1, 0.15) is 6.54 Å². The van der Waals surface area contributed by atoms with Crippen molar-refractivity contribution in [2.24, 2.45) is 0 Å². The van der Waals surface area contributed by atoms with Crippen LogP contribution in [0.3, 0.4) is 0 Å². The van der Waals surface area contributed by atoms with Crippen LogP contribution in [0, 0.1) is 6.92 Å². The van der Waals surface area contributed by atoms with Crippen LogP contribution >= 0.6 is 11.6 Å². The molecule has 0 N–H and O–H groups in total. The van der Waals surface area contributed by atoms with Gasteiger partial charge in [0, 0.05) is 23.0 Å². The van der Waals surface area contributed by atoms with Gasteiger partial charge in [-0.15, -0.1) is 0 Å². The van der Waals surface area contributed by atoms with Crippen molar-refractivity contribution in [3.8, 4) is 17.1 Å². The Morgan fingerprint density at radius 1 is 1.28 bits per heavy atom. The van der Waals surface area contributed by atoms with E-state index in [4.69, 9.17) is 21.7 Å². The molecule has 0 fully saturated rings. The summed E-state index contributed by atoms with van der Waals surface area (Å²) in [5.74, 6) is 1.53. The number of fused-ring (bicyclic) bond motifs is 5. The Kier molecular flexibility index (Phi) is 3.05. The van der Waals surface area contributed by atoms with Gasteiger partial charge in [0.25, 0.3) is 0 Å². The predicted octanol–water partition coefficient (Wildman–Crippen LogP) is 2.70. The molecule has 0 radical (unpaired) electrons. The molecule has 7 nitrogen and oxygen atoms in total. The zero-order valence-electron chi connectivity index (χ0n) is 13.5. The molecule has 1 aliphatic heterocycles. The third-order valence-electron chi connectivity index (χ3n) is 4.41. The van der Waals surface area contributed by atoms with E-state index >= 15 is 0 Å². The summed E-state index contributed by atoms with van der Waals surface area (Å²) in [4.78, 5) is 9.22. The van der Waals surface area contributed by atoms with Crippen LogP contribution < -0.4 is 0 Å². The zero-order valence-corrected chi connectivity index (χ0v) is 14.2. The highest BCUT2D eigenvalue weighted by atomic mass is 35.5. The van der Waals surface area contributed by atoms with E-state index in [0.717, 1.165) is 34.3 Å². The average molecular weight is 352 g/mol. The molecule has 1 aromatic carbocycles. The fourth-order valence-electron chi connectivity index (χ4n) is 3.20. The largest absolute Gasteiger partial charge is 0.300 e. The monoisotopic (exact) mass is 351 g/mol. The molecule has 25 heavy (non-hydrogen) atoms. The Morgan fingerprint density at radius 2 is 2.20 bits per heavy atom. The van der Waals surface area contributed by atoms with Crippen LogP contribution in [0.15, 0.2) is 43.0 Å². The topological polar surface area (TPSA) is 66.3 Å². The number of aryl methyl sites for hydroxylation is 1. The lowest BCUT2D eigenvalue weighted by molar-refractivity contribution is 0.621. The van der Waals surface area contributed by atoms with Crippen LogP contribution in [0.25, 0.3) is 17.1 Å². The highest BCUT2D eigenvalue weighted by Crippen LogP contribution is 2.33. The van der Waals surface area contributed by atoms with Gasteiger partial charge in [-0.05, 0) is 31.2 Å². The normalized spacial score (nSPS) is 12.4. The SMILES string of the molecule is Cc1ncn2c1Cn1nc(Cn3cccn3)nc1-c1cc(Cl)ccc1-2. The number of benzene rings is 1. The maximum absolute atomic E-state index is 6.25. The van der Waals surface area contributed by atoms with Crippen LogP contribution in [0.5, 0.6) is 0 Å². The molecular weight excluding hydrogens is 338 g/mol. The number of imidazole rings is 1. The Balaban J connectivity index is 1.70. The maximum atomic E-state index is 6.25. The lowest BCUT2D eigenvalue weighted by Crippen LogP contribution is -2.07. The van der Waals surface area contributed by atoms with Gasteiger partial charge in [-0.3, -0.25) is 4.68 Å². The molecular formula is C17H14ClN7. The number of nitrogens with zero attached hydrogens (tertiary/aromatic N) is 7. The molecule has 4 heterocycles. The second kappa shape index (κ2) is 5.29. The molecule has 0 bridgehead atoms. The van der Waals surface area contributed by atoms with E-state index in [2.05, 4.69) is 14.6 Å². The molecule has 0 aliphatic carbocycles. The van der Waals surface area contributed by atoms with Gasteiger partial charge < -0.3 is 4.57 Å². The van der Waals surface area contributed by atoms with E-state index in [9.17, 15) is 0 Å². The van der Waals surface area contributed by atoms with Crippen LogP contribution in [-0.2, 0) is 13.1 Å². The van der Waals surface area contributed by atoms with Crippen molar-refractivity contribution >= 4 is 11.6 Å². The Hall–Kier alpha value is -2.93. The van der Waals surface area contributed by atoms with Crippen LogP contribution in [-0.4, -0.2) is 34.1 Å². The smallest absolute Gasteiger partial charge is 0.172 e. The summed E-state index contributed by atoms with van der Waals surface area (Å²) in [5.41, 5.74) is 4.04. The molecule has 0 unspecified atom stereocenters. The summed E-state index contributed by atoms with van der Waals surface area (Å²) in [7, 11) is 0. The summed E-state index contributed by atoms with van der Waals surface area (Å²) >= 11 is 6.25. The quantitative estimate of drug-likeness (QED) is 0.490. The van der Waals surface area contributed by atoms with Gasteiger partial charge in [-0.1, -0.05) is 11.6 Å². The summed E-state index contributed by atoms with van der Waals surface area (Å²) in [5, 5.41) is 9.59. The lowest BCUT2D eigenvalue weighted by atomic mass is 10.1. The Bertz CT molecular complexity index is 1070. The molecule has 1 aliphatic rings. The van der Waals surface area contributed by atoms with Crippen LogP contribution in [0.2, 0.25) is 5.02 Å². The maximum Gasteiger partial charge on any atom is 0.172 e. The summed E-state index contributed by atoms with van der Waals surface area (Å²) in [6, 6.07) is 7.70. The van der Waals surface area contributed by atoms with Crippen molar-refractivity contribution in [2.45, 2.75) is 20.0 Å². The van der Waals surface area contributed by atoms with Crippen molar-refractivity contribution in [1.82, 2.24) is 34.1 Å². The van der Waals surface area contributed by atoms with Crippen molar-refractivity contribution < 1.29 is 0 Å². The Labute approximate surface area is 148 Å². The standard InChI is InChI=1S/C17H14ClN7/c1-11-15-8-25-17(21-16(22-25)9-23-6-2-5-20-23)13-7-12(18)3-4-14(13)24(15)10-19-11/h2-7,10H,8-9H2,1H3. The van der Waals surface area contributed by atoms with Crippen molar-refractivity contribution in [1.29, 1.82) is 0 Å². The van der Waals surface area contributed by atoms with Crippen LogP contribution in [0.4, 0.5) is 0 Å².